The largest absolute Gasteiger partial charge is 0.337 e. The number of rotatable bonds is 7. The highest BCUT2D eigenvalue weighted by atomic mass is 15.0. The van der Waals surface area contributed by atoms with Gasteiger partial charge in [-0.2, -0.15) is 5.26 Å². The van der Waals surface area contributed by atoms with Crippen LogP contribution in [0.25, 0.3) is 0 Å². The molecule has 0 saturated carbocycles. The van der Waals surface area contributed by atoms with Crippen LogP contribution >= 0.6 is 0 Å². The first-order valence-corrected chi connectivity index (χ1v) is 6.55. The zero-order valence-electron chi connectivity index (χ0n) is 11.9. The lowest BCUT2D eigenvalue weighted by molar-refractivity contribution is 0.413. The average Bonchev–Trinajstić information content (AvgIpc) is 2.74. The Morgan fingerprint density at radius 3 is 2.83 bits per heavy atom. The van der Waals surface area contributed by atoms with Gasteiger partial charge in [-0.05, 0) is 32.7 Å². The summed E-state index contributed by atoms with van der Waals surface area (Å²) in [4.78, 5) is 4.36. The van der Waals surface area contributed by atoms with Gasteiger partial charge in [0.2, 0.25) is 0 Å². The standard InChI is InChI=1S/C14H24N4/c1-12(2)7-16-8-13-9-18(11-17-13)6-5-14(3,4)10-15/h9,11-12,16H,5-8H2,1-4H3. The number of aryl methyl sites for hydroxylation is 1. The molecule has 1 aromatic heterocycles. The van der Waals surface area contributed by atoms with Gasteiger partial charge in [-0.3, -0.25) is 0 Å². The minimum atomic E-state index is -0.264. The summed E-state index contributed by atoms with van der Waals surface area (Å²) in [6.45, 7) is 11.0. The number of nitriles is 1. The molecule has 0 saturated heterocycles. The number of hydrogen-bond acceptors (Lipinski definition) is 3. The summed E-state index contributed by atoms with van der Waals surface area (Å²) in [5.41, 5.74) is 0.797. The van der Waals surface area contributed by atoms with Crippen molar-refractivity contribution in [1.82, 2.24) is 14.9 Å². The molecular weight excluding hydrogens is 224 g/mol. The van der Waals surface area contributed by atoms with Crippen LogP contribution in [0.5, 0.6) is 0 Å². The van der Waals surface area contributed by atoms with Gasteiger partial charge >= 0.3 is 0 Å². The first-order valence-electron chi connectivity index (χ1n) is 6.55. The van der Waals surface area contributed by atoms with E-state index in [-0.39, 0.29) is 5.41 Å². The molecule has 0 spiro atoms. The summed E-state index contributed by atoms with van der Waals surface area (Å²) in [5, 5.41) is 12.3. The predicted molar refractivity (Wildman–Crippen MR) is 72.8 cm³/mol. The highest BCUT2D eigenvalue weighted by molar-refractivity contribution is 4.97. The Balaban J connectivity index is 2.37. The van der Waals surface area contributed by atoms with Crippen LogP contribution < -0.4 is 5.32 Å². The van der Waals surface area contributed by atoms with Crippen molar-refractivity contribution in [3.8, 4) is 6.07 Å². The SMILES string of the molecule is CC(C)CNCc1cn(CCC(C)(C)C#N)cn1. The van der Waals surface area contributed by atoms with Crippen LogP contribution in [0.2, 0.25) is 0 Å². The Labute approximate surface area is 110 Å². The molecule has 1 N–H and O–H groups in total. The van der Waals surface area contributed by atoms with E-state index in [4.69, 9.17) is 5.26 Å². The van der Waals surface area contributed by atoms with Gasteiger partial charge < -0.3 is 9.88 Å². The monoisotopic (exact) mass is 248 g/mol. The molecule has 0 aromatic carbocycles. The molecule has 1 aromatic rings. The molecule has 1 heterocycles. The first kappa shape index (κ1) is 14.7. The fourth-order valence-corrected chi connectivity index (χ4v) is 1.57. The fourth-order valence-electron chi connectivity index (χ4n) is 1.57. The lowest BCUT2D eigenvalue weighted by Gasteiger charge is -2.14. The van der Waals surface area contributed by atoms with Crippen LogP contribution in [0.1, 0.15) is 39.8 Å². The number of imidazole rings is 1. The van der Waals surface area contributed by atoms with Gasteiger partial charge in [-0.25, -0.2) is 4.98 Å². The molecule has 100 valence electrons. The van der Waals surface area contributed by atoms with Crippen molar-refractivity contribution < 1.29 is 0 Å². The van der Waals surface area contributed by atoms with Gasteiger partial charge in [0, 0.05) is 19.3 Å². The molecule has 0 bridgehead atoms. The quantitative estimate of drug-likeness (QED) is 0.807. The van der Waals surface area contributed by atoms with E-state index in [0.29, 0.717) is 5.92 Å². The van der Waals surface area contributed by atoms with Crippen LogP contribution in [0, 0.1) is 22.7 Å². The van der Waals surface area contributed by atoms with E-state index in [2.05, 4.69) is 41.0 Å². The minimum absolute atomic E-state index is 0.264. The lowest BCUT2D eigenvalue weighted by Crippen LogP contribution is -2.19. The van der Waals surface area contributed by atoms with Gasteiger partial charge in [-0.1, -0.05) is 13.8 Å². The number of hydrogen-bond donors (Lipinski definition) is 1. The van der Waals surface area contributed by atoms with E-state index in [9.17, 15) is 0 Å². The Bertz CT molecular complexity index is 398. The number of nitrogens with zero attached hydrogens (tertiary/aromatic N) is 3. The van der Waals surface area contributed by atoms with Gasteiger partial charge in [0.05, 0.1) is 23.5 Å². The second-order valence-corrected chi connectivity index (χ2v) is 5.87. The van der Waals surface area contributed by atoms with Gasteiger partial charge in [0.15, 0.2) is 0 Å². The third-order valence-electron chi connectivity index (χ3n) is 2.84. The molecule has 0 aliphatic heterocycles. The summed E-state index contributed by atoms with van der Waals surface area (Å²) in [5.74, 6) is 0.656. The van der Waals surface area contributed by atoms with Crippen LogP contribution in [0.15, 0.2) is 12.5 Å². The highest BCUT2D eigenvalue weighted by Gasteiger charge is 2.16. The average molecular weight is 248 g/mol. The highest BCUT2D eigenvalue weighted by Crippen LogP contribution is 2.19. The van der Waals surface area contributed by atoms with Crippen molar-refractivity contribution in [2.24, 2.45) is 11.3 Å². The topological polar surface area (TPSA) is 53.6 Å². The molecule has 0 amide bonds. The van der Waals surface area contributed by atoms with Crippen molar-refractivity contribution in [1.29, 1.82) is 5.26 Å². The Kier molecular flexibility index (Phi) is 5.36. The van der Waals surface area contributed by atoms with Gasteiger partial charge in [0.1, 0.15) is 0 Å². The summed E-state index contributed by atoms with van der Waals surface area (Å²) in [6.07, 6.45) is 4.75. The number of nitrogens with one attached hydrogen (secondary N) is 1. The van der Waals surface area contributed by atoms with E-state index in [1.54, 1.807) is 0 Å². The Morgan fingerprint density at radius 1 is 1.50 bits per heavy atom. The molecule has 1 rings (SSSR count). The predicted octanol–water partition coefficient (Wildman–Crippen LogP) is 2.57. The third kappa shape index (κ3) is 5.33. The van der Waals surface area contributed by atoms with Crippen molar-refractivity contribution >= 4 is 0 Å². The summed E-state index contributed by atoms with van der Waals surface area (Å²) < 4.78 is 2.06. The first-order chi connectivity index (χ1) is 8.43. The van der Waals surface area contributed by atoms with E-state index in [0.717, 1.165) is 31.7 Å². The molecule has 0 fully saturated rings. The normalized spacial score (nSPS) is 11.8. The molecule has 0 aliphatic carbocycles. The van der Waals surface area contributed by atoms with Crippen molar-refractivity contribution in [2.75, 3.05) is 6.54 Å². The van der Waals surface area contributed by atoms with Crippen LogP contribution in [-0.2, 0) is 13.1 Å². The smallest absolute Gasteiger partial charge is 0.0949 e. The summed E-state index contributed by atoms with van der Waals surface area (Å²) in [7, 11) is 0. The van der Waals surface area contributed by atoms with E-state index >= 15 is 0 Å². The fraction of sp³-hybridized carbons (Fsp3) is 0.714. The Morgan fingerprint density at radius 2 is 2.22 bits per heavy atom. The van der Waals surface area contributed by atoms with E-state index in [1.165, 1.54) is 0 Å². The minimum Gasteiger partial charge on any atom is -0.337 e. The lowest BCUT2D eigenvalue weighted by atomic mass is 9.91. The van der Waals surface area contributed by atoms with Crippen LogP contribution in [0.4, 0.5) is 0 Å². The molecule has 4 heteroatoms. The second-order valence-electron chi connectivity index (χ2n) is 5.87. The molecular formula is C14H24N4. The molecule has 18 heavy (non-hydrogen) atoms. The maximum atomic E-state index is 8.96. The molecule has 0 aliphatic rings. The maximum absolute atomic E-state index is 8.96. The second kappa shape index (κ2) is 6.55. The Hall–Kier alpha value is -1.34. The van der Waals surface area contributed by atoms with Gasteiger partial charge in [0.25, 0.3) is 0 Å². The molecule has 0 radical (unpaired) electrons. The number of aromatic nitrogens is 2. The zero-order valence-corrected chi connectivity index (χ0v) is 11.9. The summed E-state index contributed by atoms with van der Waals surface area (Å²) in [6, 6.07) is 2.32. The molecule has 0 unspecified atom stereocenters. The van der Waals surface area contributed by atoms with Crippen LogP contribution in [0.3, 0.4) is 0 Å². The van der Waals surface area contributed by atoms with E-state index in [1.807, 2.05) is 20.2 Å². The molecule has 4 nitrogen and oxygen atoms in total. The van der Waals surface area contributed by atoms with Crippen molar-refractivity contribution in [2.45, 2.75) is 47.2 Å². The third-order valence-corrected chi connectivity index (χ3v) is 2.84. The van der Waals surface area contributed by atoms with Crippen molar-refractivity contribution in [3.63, 3.8) is 0 Å². The summed E-state index contributed by atoms with van der Waals surface area (Å²) >= 11 is 0. The van der Waals surface area contributed by atoms with Crippen LogP contribution in [-0.4, -0.2) is 16.1 Å². The zero-order chi connectivity index (χ0) is 13.6. The van der Waals surface area contributed by atoms with Gasteiger partial charge in [-0.15, -0.1) is 0 Å². The van der Waals surface area contributed by atoms with Crippen molar-refractivity contribution in [3.05, 3.63) is 18.2 Å². The molecule has 0 atom stereocenters. The maximum Gasteiger partial charge on any atom is 0.0949 e. The van der Waals surface area contributed by atoms with E-state index < -0.39 is 0 Å².